The SMILES string of the molecule is CCc1ccc(-c2nc(CN(C)CC(O)COC)cs2)cc1. The number of aliphatic hydroxyl groups excluding tert-OH is 1. The van der Waals surface area contributed by atoms with Crippen molar-refractivity contribution in [2.75, 3.05) is 27.3 Å². The Kier molecular flexibility index (Phi) is 6.51. The van der Waals surface area contributed by atoms with E-state index in [9.17, 15) is 5.11 Å². The van der Waals surface area contributed by atoms with Gasteiger partial charge in [0.2, 0.25) is 0 Å². The number of aryl methyl sites for hydroxylation is 1. The topological polar surface area (TPSA) is 45.6 Å². The number of thiazole rings is 1. The molecule has 1 atom stereocenters. The normalized spacial score (nSPS) is 12.8. The van der Waals surface area contributed by atoms with Crippen LogP contribution >= 0.6 is 11.3 Å². The van der Waals surface area contributed by atoms with E-state index in [1.54, 1.807) is 18.4 Å². The molecule has 22 heavy (non-hydrogen) atoms. The Hall–Kier alpha value is -1.27. The van der Waals surface area contributed by atoms with Gasteiger partial charge in [-0.3, -0.25) is 4.90 Å². The van der Waals surface area contributed by atoms with Crippen molar-refractivity contribution in [1.29, 1.82) is 0 Å². The van der Waals surface area contributed by atoms with E-state index in [1.807, 2.05) is 7.05 Å². The van der Waals surface area contributed by atoms with Gasteiger partial charge in [0.25, 0.3) is 0 Å². The van der Waals surface area contributed by atoms with Gasteiger partial charge >= 0.3 is 0 Å². The minimum atomic E-state index is -0.463. The molecule has 0 radical (unpaired) electrons. The number of aliphatic hydroxyl groups is 1. The van der Waals surface area contributed by atoms with E-state index in [0.717, 1.165) is 29.2 Å². The van der Waals surface area contributed by atoms with E-state index in [-0.39, 0.29) is 0 Å². The molecular formula is C17H24N2O2S. The highest BCUT2D eigenvalue weighted by Gasteiger charge is 2.11. The van der Waals surface area contributed by atoms with Crippen LogP contribution in [0.25, 0.3) is 10.6 Å². The number of ether oxygens (including phenoxy) is 1. The van der Waals surface area contributed by atoms with Crippen LogP contribution < -0.4 is 0 Å². The predicted molar refractivity (Wildman–Crippen MR) is 91.1 cm³/mol. The van der Waals surface area contributed by atoms with Gasteiger partial charge in [0.05, 0.1) is 18.4 Å². The maximum atomic E-state index is 9.75. The molecule has 4 nitrogen and oxygen atoms in total. The molecule has 0 aliphatic carbocycles. The molecule has 1 aromatic heterocycles. The number of likely N-dealkylation sites (N-methyl/N-ethyl adjacent to an activating group) is 1. The summed E-state index contributed by atoms with van der Waals surface area (Å²) in [6.07, 6.45) is 0.590. The first-order valence-corrected chi connectivity index (χ1v) is 8.39. The van der Waals surface area contributed by atoms with Gasteiger partial charge in [-0.2, -0.15) is 0 Å². The summed E-state index contributed by atoms with van der Waals surface area (Å²) < 4.78 is 4.95. The highest BCUT2D eigenvalue weighted by molar-refractivity contribution is 7.13. The van der Waals surface area contributed by atoms with E-state index >= 15 is 0 Å². The predicted octanol–water partition coefficient (Wildman–Crippen LogP) is 2.81. The Bertz CT molecular complexity index is 568. The van der Waals surface area contributed by atoms with Crippen molar-refractivity contribution >= 4 is 11.3 Å². The third-order valence-electron chi connectivity index (χ3n) is 3.47. The minimum absolute atomic E-state index is 0.358. The van der Waals surface area contributed by atoms with Crippen molar-refractivity contribution in [3.05, 3.63) is 40.9 Å². The lowest BCUT2D eigenvalue weighted by Gasteiger charge is -2.18. The van der Waals surface area contributed by atoms with Gasteiger partial charge in [0.15, 0.2) is 0 Å². The van der Waals surface area contributed by atoms with Gasteiger partial charge in [-0.25, -0.2) is 4.98 Å². The van der Waals surface area contributed by atoms with Crippen molar-refractivity contribution in [2.45, 2.75) is 26.0 Å². The van der Waals surface area contributed by atoms with Crippen LogP contribution in [0.2, 0.25) is 0 Å². The average molecular weight is 320 g/mol. The third kappa shape index (κ3) is 4.88. The Morgan fingerprint density at radius 3 is 2.68 bits per heavy atom. The first-order valence-electron chi connectivity index (χ1n) is 7.51. The number of hydrogen-bond donors (Lipinski definition) is 1. The Balaban J connectivity index is 1.95. The summed E-state index contributed by atoms with van der Waals surface area (Å²) in [5.41, 5.74) is 3.54. The van der Waals surface area contributed by atoms with Gasteiger partial charge < -0.3 is 9.84 Å². The summed E-state index contributed by atoms with van der Waals surface area (Å²) in [6, 6.07) is 8.58. The molecule has 0 saturated heterocycles. The summed E-state index contributed by atoms with van der Waals surface area (Å²) >= 11 is 1.66. The maximum Gasteiger partial charge on any atom is 0.123 e. The molecule has 2 rings (SSSR count). The van der Waals surface area contributed by atoms with E-state index in [0.29, 0.717) is 13.2 Å². The van der Waals surface area contributed by atoms with Crippen LogP contribution in [0.4, 0.5) is 0 Å². The van der Waals surface area contributed by atoms with Crippen LogP contribution in [0.15, 0.2) is 29.6 Å². The molecule has 5 heteroatoms. The largest absolute Gasteiger partial charge is 0.389 e. The highest BCUT2D eigenvalue weighted by Crippen LogP contribution is 2.24. The quantitative estimate of drug-likeness (QED) is 0.812. The van der Waals surface area contributed by atoms with E-state index in [4.69, 9.17) is 9.72 Å². The average Bonchev–Trinajstić information content (AvgIpc) is 2.95. The van der Waals surface area contributed by atoms with Crippen molar-refractivity contribution < 1.29 is 9.84 Å². The number of hydrogen-bond acceptors (Lipinski definition) is 5. The zero-order chi connectivity index (χ0) is 15.9. The molecule has 1 aromatic carbocycles. The summed E-state index contributed by atoms with van der Waals surface area (Å²) in [7, 11) is 3.58. The van der Waals surface area contributed by atoms with Crippen molar-refractivity contribution in [2.24, 2.45) is 0 Å². The smallest absolute Gasteiger partial charge is 0.123 e. The first kappa shape index (κ1) is 17.1. The molecule has 1 heterocycles. The molecule has 0 bridgehead atoms. The number of benzene rings is 1. The molecule has 0 spiro atoms. The zero-order valence-electron chi connectivity index (χ0n) is 13.5. The maximum absolute atomic E-state index is 9.75. The van der Waals surface area contributed by atoms with Crippen LogP contribution in [-0.2, 0) is 17.7 Å². The fourth-order valence-electron chi connectivity index (χ4n) is 2.34. The van der Waals surface area contributed by atoms with Gasteiger partial charge in [0, 0.05) is 31.1 Å². The molecule has 1 unspecified atom stereocenters. The zero-order valence-corrected chi connectivity index (χ0v) is 14.3. The Labute approximate surface area is 136 Å². The number of nitrogens with zero attached hydrogens (tertiary/aromatic N) is 2. The first-order chi connectivity index (χ1) is 10.6. The van der Waals surface area contributed by atoms with Gasteiger partial charge in [-0.15, -0.1) is 11.3 Å². The van der Waals surface area contributed by atoms with Crippen LogP contribution in [-0.4, -0.2) is 48.4 Å². The number of methoxy groups -OCH3 is 1. The molecule has 2 aromatic rings. The van der Waals surface area contributed by atoms with Crippen LogP contribution in [0, 0.1) is 0 Å². The molecule has 1 N–H and O–H groups in total. The van der Waals surface area contributed by atoms with Gasteiger partial charge in [0.1, 0.15) is 5.01 Å². The van der Waals surface area contributed by atoms with E-state index in [2.05, 4.69) is 41.5 Å². The van der Waals surface area contributed by atoms with Crippen molar-refractivity contribution in [3.63, 3.8) is 0 Å². The molecule has 120 valence electrons. The summed E-state index contributed by atoms with van der Waals surface area (Å²) in [5, 5.41) is 12.9. The summed E-state index contributed by atoms with van der Waals surface area (Å²) in [5.74, 6) is 0. The lowest BCUT2D eigenvalue weighted by molar-refractivity contribution is 0.0417. The molecule has 0 saturated carbocycles. The lowest BCUT2D eigenvalue weighted by atomic mass is 10.1. The third-order valence-corrected chi connectivity index (χ3v) is 4.41. The van der Waals surface area contributed by atoms with Crippen LogP contribution in [0.1, 0.15) is 18.2 Å². The second-order valence-electron chi connectivity index (χ2n) is 5.50. The number of rotatable bonds is 8. The fraction of sp³-hybridized carbons (Fsp3) is 0.471. The van der Waals surface area contributed by atoms with Crippen molar-refractivity contribution in [1.82, 2.24) is 9.88 Å². The number of aromatic nitrogens is 1. The van der Waals surface area contributed by atoms with Gasteiger partial charge in [-0.1, -0.05) is 31.2 Å². The fourth-order valence-corrected chi connectivity index (χ4v) is 3.16. The lowest BCUT2D eigenvalue weighted by Crippen LogP contribution is -2.31. The van der Waals surface area contributed by atoms with Crippen molar-refractivity contribution in [3.8, 4) is 10.6 Å². The molecule has 0 amide bonds. The molecule has 0 aliphatic rings. The summed E-state index contributed by atoms with van der Waals surface area (Å²) in [4.78, 5) is 6.75. The molecular weight excluding hydrogens is 296 g/mol. The molecule has 0 aliphatic heterocycles. The second-order valence-corrected chi connectivity index (χ2v) is 6.36. The second kappa shape index (κ2) is 8.39. The monoisotopic (exact) mass is 320 g/mol. The van der Waals surface area contributed by atoms with Crippen LogP contribution in [0.5, 0.6) is 0 Å². The van der Waals surface area contributed by atoms with Crippen LogP contribution in [0.3, 0.4) is 0 Å². The Morgan fingerprint density at radius 1 is 1.32 bits per heavy atom. The van der Waals surface area contributed by atoms with E-state index in [1.165, 1.54) is 5.56 Å². The Morgan fingerprint density at radius 2 is 2.05 bits per heavy atom. The van der Waals surface area contributed by atoms with E-state index < -0.39 is 6.10 Å². The molecule has 0 fully saturated rings. The standard InChI is InChI=1S/C17H24N2O2S/c1-4-13-5-7-14(8-6-13)17-18-15(12-22-17)9-19(2)10-16(20)11-21-3/h5-8,12,16,20H,4,9-11H2,1-3H3. The summed E-state index contributed by atoms with van der Waals surface area (Å²) in [6.45, 7) is 3.82. The minimum Gasteiger partial charge on any atom is -0.389 e. The highest BCUT2D eigenvalue weighted by atomic mass is 32.1. The van der Waals surface area contributed by atoms with Gasteiger partial charge in [-0.05, 0) is 19.0 Å².